The molecule has 32 heavy (non-hydrogen) atoms. The first-order chi connectivity index (χ1) is 15.2. The number of aromatic nitrogens is 1. The summed E-state index contributed by atoms with van der Waals surface area (Å²) in [5, 5.41) is 6.18. The summed E-state index contributed by atoms with van der Waals surface area (Å²) in [7, 11) is 0. The Kier molecular flexibility index (Phi) is 8.56. The summed E-state index contributed by atoms with van der Waals surface area (Å²) in [5.41, 5.74) is -0.0229. The van der Waals surface area contributed by atoms with Gasteiger partial charge >= 0.3 is 6.09 Å². The average Bonchev–Trinajstić information content (AvgIpc) is 2.73. The Hall–Kier alpha value is -2.10. The van der Waals surface area contributed by atoms with Crippen LogP contribution >= 0.6 is 11.6 Å². The predicted octanol–water partition coefficient (Wildman–Crippen LogP) is 2.29. The molecular formula is C22H34ClN5O4. The second-order valence-corrected chi connectivity index (χ2v) is 9.54. The lowest BCUT2D eigenvalue weighted by molar-refractivity contribution is 0.0383. The van der Waals surface area contributed by atoms with Gasteiger partial charge in [0.05, 0.1) is 13.2 Å². The van der Waals surface area contributed by atoms with Crippen molar-refractivity contribution in [3.63, 3.8) is 0 Å². The highest BCUT2D eigenvalue weighted by Crippen LogP contribution is 2.22. The first-order valence-electron chi connectivity index (χ1n) is 11.2. The lowest BCUT2D eigenvalue weighted by Crippen LogP contribution is -2.46. The number of amides is 2. The Morgan fingerprint density at radius 2 is 1.88 bits per heavy atom. The Labute approximate surface area is 194 Å². The minimum atomic E-state index is -0.519. The highest BCUT2D eigenvalue weighted by molar-refractivity contribution is 6.29. The molecule has 3 rings (SSSR count). The van der Waals surface area contributed by atoms with Gasteiger partial charge in [-0.2, -0.15) is 0 Å². The molecule has 3 heterocycles. The van der Waals surface area contributed by atoms with Crippen molar-refractivity contribution < 1.29 is 19.1 Å². The van der Waals surface area contributed by atoms with Crippen LogP contribution in [0.1, 0.15) is 44.0 Å². The number of ether oxygens (including phenoxy) is 2. The van der Waals surface area contributed by atoms with E-state index in [1.165, 1.54) is 0 Å². The van der Waals surface area contributed by atoms with Gasteiger partial charge in [0.25, 0.3) is 5.91 Å². The fraction of sp³-hybridized carbons (Fsp3) is 0.682. The first kappa shape index (κ1) is 24.5. The zero-order chi connectivity index (χ0) is 23.1. The minimum absolute atomic E-state index is 0.0447. The van der Waals surface area contributed by atoms with Crippen LogP contribution in [0.4, 0.5) is 10.6 Å². The molecule has 0 saturated carbocycles. The molecule has 9 nitrogen and oxygen atoms in total. The lowest BCUT2D eigenvalue weighted by Gasteiger charge is -2.33. The van der Waals surface area contributed by atoms with Gasteiger partial charge in [-0.1, -0.05) is 11.6 Å². The summed E-state index contributed by atoms with van der Waals surface area (Å²) in [4.78, 5) is 33.4. The van der Waals surface area contributed by atoms with E-state index in [1.54, 1.807) is 12.1 Å². The van der Waals surface area contributed by atoms with Crippen LogP contribution in [-0.2, 0) is 9.47 Å². The maximum atomic E-state index is 12.6. The van der Waals surface area contributed by atoms with Gasteiger partial charge in [0, 0.05) is 50.9 Å². The molecule has 0 atom stereocenters. The standard InChI is InChI=1S/C22H34ClN5O4/c1-22(2,3)32-21(30)25-17-4-7-28(8-5-17)19-15-16(14-18(23)26-19)20(29)24-6-9-27-10-12-31-13-11-27/h14-15,17H,4-13H2,1-3H3,(H,24,29)(H,25,30). The van der Waals surface area contributed by atoms with Crippen molar-refractivity contribution in [2.45, 2.75) is 45.3 Å². The van der Waals surface area contributed by atoms with Crippen LogP contribution in [-0.4, -0.2) is 86.0 Å². The molecule has 0 aliphatic carbocycles. The number of hydrogen-bond acceptors (Lipinski definition) is 7. The van der Waals surface area contributed by atoms with E-state index in [1.807, 2.05) is 20.8 Å². The number of carbonyl (C=O) groups is 2. The molecule has 2 N–H and O–H groups in total. The predicted molar refractivity (Wildman–Crippen MR) is 123 cm³/mol. The largest absolute Gasteiger partial charge is 0.444 e. The summed E-state index contributed by atoms with van der Waals surface area (Å²) in [5.74, 6) is 0.511. The molecular weight excluding hydrogens is 434 g/mol. The Balaban J connectivity index is 1.49. The molecule has 178 valence electrons. The fourth-order valence-corrected chi connectivity index (χ4v) is 3.96. The van der Waals surface area contributed by atoms with E-state index in [9.17, 15) is 9.59 Å². The van der Waals surface area contributed by atoms with Crippen molar-refractivity contribution in [3.8, 4) is 0 Å². The number of nitrogens with zero attached hydrogens (tertiary/aromatic N) is 3. The van der Waals surface area contributed by atoms with Gasteiger partial charge in [-0.25, -0.2) is 9.78 Å². The van der Waals surface area contributed by atoms with Crippen LogP contribution in [0, 0.1) is 0 Å². The third-order valence-corrected chi connectivity index (χ3v) is 5.59. The molecule has 10 heteroatoms. The molecule has 2 saturated heterocycles. The van der Waals surface area contributed by atoms with Crippen LogP contribution < -0.4 is 15.5 Å². The van der Waals surface area contributed by atoms with E-state index >= 15 is 0 Å². The van der Waals surface area contributed by atoms with E-state index in [2.05, 4.69) is 25.4 Å². The van der Waals surface area contributed by atoms with Crippen molar-refractivity contribution in [2.75, 3.05) is 57.4 Å². The van der Waals surface area contributed by atoms with Crippen LogP contribution in [0.5, 0.6) is 0 Å². The van der Waals surface area contributed by atoms with E-state index in [-0.39, 0.29) is 17.1 Å². The van der Waals surface area contributed by atoms with Gasteiger partial charge in [0.1, 0.15) is 16.6 Å². The maximum absolute atomic E-state index is 12.6. The number of anilines is 1. The van der Waals surface area contributed by atoms with Gasteiger partial charge in [-0.05, 0) is 45.7 Å². The van der Waals surface area contributed by atoms with E-state index in [4.69, 9.17) is 21.1 Å². The summed E-state index contributed by atoms with van der Waals surface area (Å²) < 4.78 is 10.7. The maximum Gasteiger partial charge on any atom is 0.407 e. The Morgan fingerprint density at radius 3 is 2.53 bits per heavy atom. The van der Waals surface area contributed by atoms with E-state index in [0.717, 1.165) is 45.7 Å². The van der Waals surface area contributed by atoms with Gasteiger partial charge in [-0.15, -0.1) is 0 Å². The second kappa shape index (κ2) is 11.2. The average molecular weight is 468 g/mol. The van der Waals surface area contributed by atoms with Crippen LogP contribution in [0.25, 0.3) is 0 Å². The number of piperidine rings is 1. The molecule has 2 aliphatic heterocycles. The highest BCUT2D eigenvalue weighted by atomic mass is 35.5. The normalized spacial score (nSPS) is 18.3. The van der Waals surface area contributed by atoms with Crippen molar-refractivity contribution in [1.82, 2.24) is 20.5 Å². The van der Waals surface area contributed by atoms with Gasteiger partial charge in [0.15, 0.2) is 0 Å². The Morgan fingerprint density at radius 1 is 1.19 bits per heavy atom. The second-order valence-electron chi connectivity index (χ2n) is 9.15. The summed E-state index contributed by atoms with van der Waals surface area (Å²) in [6.45, 7) is 11.5. The number of alkyl carbamates (subject to hydrolysis) is 1. The third kappa shape index (κ3) is 7.79. The molecule has 0 spiro atoms. The lowest BCUT2D eigenvalue weighted by atomic mass is 10.1. The van der Waals surface area contributed by atoms with Crippen LogP contribution in [0.3, 0.4) is 0 Å². The molecule has 2 fully saturated rings. The third-order valence-electron chi connectivity index (χ3n) is 5.40. The number of hydrogen-bond donors (Lipinski definition) is 2. The van der Waals surface area contributed by atoms with Crippen molar-refractivity contribution in [2.24, 2.45) is 0 Å². The number of halogens is 1. The summed E-state index contributed by atoms with van der Waals surface area (Å²) in [6, 6.07) is 3.41. The zero-order valence-electron chi connectivity index (χ0n) is 19.2. The number of nitrogens with one attached hydrogen (secondary N) is 2. The smallest absolute Gasteiger partial charge is 0.407 e. The van der Waals surface area contributed by atoms with Crippen molar-refractivity contribution in [1.29, 1.82) is 0 Å². The quantitative estimate of drug-likeness (QED) is 0.619. The first-order valence-corrected chi connectivity index (χ1v) is 11.6. The van der Waals surface area contributed by atoms with Crippen molar-refractivity contribution in [3.05, 3.63) is 22.8 Å². The topological polar surface area (TPSA) is 96.0 Å². The van der Waals surface area contributed by atoms with Crippen LogP contribution in [0.2, 0.25) is 5.15 Å². The number of pyridine rings is 1. The van der Waals surface area contributed by atoms with Gasteiger partial charge in [-0.3, -0.25) is 9.69 Å². The number of rotatable bonds is 6. The van der Waals surface area contributed by atoms with Gasteiger partial charge in [0.2, 0.25) is 0 Å². The SMILES string of the molecule is CC(C)(C)OC(=O)NC1CCN(c2cc(C(=O)NCCN3CCOCC3)cc(Cl)n2)CC1. The molecule has 0 radical (unpaired) electrons. The number of morpholine rings is 1. The van der Waals surface area contributed by atoms with E-state index in [0.29, 0.717) is 31.0 Å². The summed E-state index contributed by atoms with van der Waals surface area (Å²) >= 11 is 6.21. The number of carbonyl (C=O) groups excluding carboxylic acids is 2. The van der Waals surface area contributed by atoms with Crippen molar-refractivity contribution >= 4 is 29.4 Å². The van der Waals surface area contributed by atoms with E-state index < -0.39 is 11.7 Å². The molecule has 2 amide bonds. The molecule has 1 aromatic heterocycles. The monoisotopic (exact) mass is 467 g/mol. The molecule has 1 aromatic rings. The molecule has 0 bridgehead atoms. The summed E-state index contributed by atoms with van der Waals surface area (Å²) in [6.07, 6.45) is 1.12. The minimum Gasteiger partial charge on any atom is -0.444 e. The molecule has 0 aromatic carbocycles. The zero-order valence-corrected chi connectivity index (χ0v) is 19.9. The molecule has 0 unspecified atom stereocenters. The molecule has 2 aliphatic rings. The highest BCUT2D eigenvalue weighted by Gasteiger charge is 2.25. The fourth-order valence-electron chi connectivity index (χ4n) is 3.76. The van der Waals surface area contributed by atoms with Crippen LogP contribution in [0.15, 0.2) is 12.1 Å². The van der Waals surface area contributed by atoms with Gasteiger partial charge < -0.3 is 25.0 Å². The Bertz CT molecular complexity index is 787.